The molecule has 132 valence electrons. The standard InChI is InChI=1S/C17H11ClN4O3S.Na.H/c18-11-5-6-14(10(7-11)9-19)21-22-15-8-16(26(23,24)25)12-3-1-2-4-13(12)17(15)20;;/h1-8H,20H2,(H,23,24,25);;/b22-21+;;. The number of azo groups is 1. The molecule has 0 radical (unpaired) electrons. The summed E-state index contributed by atoms with van der Waals surface area (Å²) in [5.74, 6) is 0. The predicted octanol–water partition coefficient (Wildman–Crippen LogP) is 3.96. The molecule has 3 rings (SSSR count). The Labute approximate surface area is 182 Å². The van der Waals surface area contributed by atoms with Crippen LogP contribution in [0.1, 0.15) is 5.56 Å². The number of fused-ring (bicyclic) bond motifs is 1. The Morgan fingerprint density at radius 1 is 1.04 bits per heavy atom. The summed E-state index contributed by atoms with van der Waals surface area (Å²) in [6.07, 6.45) is 0. The summed E-state index contributed by atoms with van der Waals surface area (Å²) in [6.45, 7) is 0. The van der Waals surface area contributed by atoms with Crippen LogP contribution in [0, 0.1) is 11.3 Å². The van der Waals surface area contributed by atoms with E-state index in [4.69, 9.17) is 22.6 Å². The molecule has 0 spiro atoms. The van der Waals surface area contributed by atoms with Gasteiger partial charge in [-0.3, -0.25) is 4.55 Å². The van der Waals surface area contributed by atoms with Gasteiger partial charge >= 0.3 is 29.6 Å². The third kappa shape index (κ3) is 4.47. The average Bonchev–Trinajstić information content (AvgIpc) is 2.61. The first-order valence-electron chi connectivity index (χ1n) is 7.21. The molecular weight excluding hydrogens is 399 g/mol. The normalized spacial score (nSPS) is 11.3. The molecule has 0 unspecified atom stereocenters. The van der Waals surface area contributed by atoms with Crippen LogP contribution in [0.5, 0.6) is 0 Å². The second kappa shape index (κ2) is 8.35. The fourth-order valence-electron chi connectivity index (χ4n) is 2.44. The van der Waals surface area contributed by atoms with Crippen molar-refractivity contribution in [3.8, 4) is 6.07 Å². The van der Waals surface area contributed by atoms with Crippen molar-refractivity contribution in [2.24, 2.45) is 10.2 Å². The average molecular weight is 411 g/mol. The van der Waals surface area contributed by atoms with Gasteiger partial charge in [0.2, 0.25) is 0 Å². The van der Waals surface area contributed by atoms with E-state index >= 15 is 0 Å². The molecule has 0 aliphatic heterocycles. The first-order chi connectivity index (χ1) is 12.3. The molecule has 0 fully saturated rings. The number of anilines is 1. The molecule has 3 aromatic rings. The van der Waals surface area contributed by atoms with Crippen molar-refractivity contribution >= 4 is 79.1 Å². The van der Waals surface area contributed by atoms with Crippen LogP contribution in [0.25, 0.3) is 10.8 Å². The molecule has 10 heteroatoms. The molecular formula is C17H12ClN4NaO3S. The van der Waals surface area contributed by atoms with E-state index in [0.717, 1.165) is 6.07 Å². The van der Waals surface area contributed by atoms with Gasteiger partial charge in [-0.1, -0.05) is 35.9 Å². The SMILES string of the molecule is N#Cc1cc(Cl)ccc1/N=N/c1cc(S(=O)(=O)O)c2ccccc2c1N.[NaH]. The Kier molecular flexibility index (Phi) is 6.59. The van der Waals surface area contributed by atoms with Crippen LogP contribution in [0.4, 0.5) is 17.1 Å². The Morgan fingerprint density at radius 3 is 2.30 bits per heavy atom. The first kappa shape index (κ1) is 21.3. The molecule has 3 N–H and O–H groups in total. The fourth-order valence-corrected chi connectivity index (χ4v) is 3.33. The van der Waals surface area contributed by atoms with Crippen molar-refractivity contribution in [3.05, 3.63) is 59.1 Å². The maximum atomic E-state index is 11.7. The van der Waals surface area contributed by atoms with Crippen LogP contribution >= 0.6 is 11.6 Å². The number of hydrogen-bond donors (Lipinski definition) is 2. The number of nitrogens with two attached hydrogens (primary N) is 1. The number of benzene rings is 3. The first-order valence-corrected chi connectivity index (χ1v) is 9.03. The Morgan fingerprint density at radius 2 is 1.67 bits per heavy atom. The minimum absolute atomic E-state index is 0. The molecule has 27 heavy (non-hydrogen) atoms. The van der Waals surface area contributed by atoms with Crippen LogP contribution in [-0.4, -0.2) is 42.5 Å². The number of rotatable bonds is 3. The maximum absolute atomic E-state index is 11.7. The Bertz CT molecular complexity index is 1210. The van der Waals surface area contributed by atoms with E-state index in [1.165, 1.54) is 18.2 Å². The zero-order chi connectivity index (χ0) is 18.9. The molecule has 7 nitrogen and oxygen atoms in total. The molecule has 0 aliphatic rings. The Balaban J connectivity index is 0.00000261. The van der Waals surface area contributed by atoms with E-state index in [2.05, 4.69) is 10.2 Å². The van der Waals surface area contributed by atoms with Gasteiger partial charge in [0.25, 0.3) is 10.1 Å². The van der Waals surface area contributed by atoms with E-state index in [1.807, 2.05) is 6.07 Å². The molecule has 0 aromatic heterocycles. The van der Waals surface area contributed by atoms with Crippen molar-refractivity contribution in [2.75, 3.05) is 5.73 Å². The van der Waals surface area contributed by atoms with Crippen LogP contribution < -0.4 is 5.73 Å². The number of nitrogens with zero attached hydrogens (tertiary/aromatic N) is 3. The second-order valence-electron chi connectivity index (χ2n) is 5.30. The number of nitriles is 1. The molecule has 3 aromatic carbocycles. The predicted molar refractivity (Wildman–Crippen MR) is 106 cm³/mol. The third-order valence-corrected chi connectivity index (χ3v) is 4.78. The zero-order valence-corrected chi connectivity index (χ0v) is 14.7. The summed E-state index contributed by atoms with van der Waals surface area (Å²) in [5.41, 5.74) is 6.78. The summed E-state index contributed by atoms with van der Waals surface area (Å²) in [4.78, 5) is -0.326. The van der Waals surface area contributed by atoms with Crippen molar-refractivity contribution in [1.82, 2.24) is 0 Å². The van der Waals surface area contributed by atoms with Crippen LogP contribution in [0.15, 0.2) is 63.7 Å². The summed E-state index contributed by atoms with van der Waals surface area (Å²) < 4.78 is 32.9. The molecule has 0 amide bonds. The van der Waals surface area contributed by atoms with E-state index in [0.29, 0.717) is 10.4 Å². The molecule has 0 bridgehead atoms. The van der Waals surface area contributed by atoms with Crippen LogP contribution in [-0.2, 0) is 10.1 Å². The van der Waals surface area contributed by atoms with E-state index in [1.54, 1.807) is 24.3 Å². The number of halogens is 1. The van der Waals surface area contributed by atoms with Gasteiger partial charge < -0.3 is 5.73 Å². The van der Waals surface area contributed by atoms with E-state index < -0.39 is 10.1 Å². The third-order valence-electron chi connectivity index (χ3n) is 3.65. The summed E-state index contributed by atoms with van der Waals surface area (Å²) in [5, 5.41) is 18.1. The topological polar surface area (TPSA) is 129 Å². The summed E-state index contributed by atoms with van der Waals surface area (Å²) in [6, 6.07) is 14.0. The fraction of sp³-hybridized carbons (Fsp3) is 0. The summed E-state index contributed by atoms with van der Waals surface area (Å²) >= 11 is 5.84. The van der Waals surface area contributed by atoms with Crippen molar-refractivity contribution < 1.29 is 13.0 Å². The van der Waals surface area contributed by atoms with Gasteiger partial charge in [0, 0.05) is 15.8 Å². The number of nitrogen functional groups attached to an aromatic ring is 1. The van der Waals surface area contributed by atoms with E-state index in [-0.39, 0.29) is 62.5 Å². The van der Waals surface area contributed by atoms with Gasteiger partial charge in [-0.15, -0.1) is 10.2 Å². The summed E-state index contributed by atoms with van der Waals surface area (Å²) in [7, 11) is -4.50. The molecule has 0 atom stereocenters. The minimum atomic E-state index is -4.50. The van der Waals surface area contributed by atoms with E-state index in [9.17, 15) is 13.0 Å². The van der Waals surface area contributed by atoms with Crippen molar-refractivity contribution in [1.29, 1.82) is 5.26 Å². The van der Waals surface area contributed by atoms with Gasteiger partial charge in [0.05, 0.1) is 11.3 Å². The van der Waals surface area contributed by atoms with Gasteiger partial charge in [0.15, 0.2) is 0 Å². The quantitative estimate of drug-likeness (QED) is 0.292. The monoisotopic (exact) mass is 410 g/mol. The molecule has 0 heterocycles. The van der Waals surface area contributed by atoms with Gasteiger partial charge in [-0.2, -0.15) is 13.7 Å². The number of hydrogen-bond acceptors (Lipinski definition) is 6. The Hall–Kier alpha value is -1.99. The van der Waals surface area contributed by atoms with Gasteiger partial charge in [-0.25, -0.2) is 0 Å². The molecule has 0 aliphatic carbocycles. The van der Waals surface area contributed by atoms with Crippen molar-refractivity contribution in [2.45, 2.75) is 4.90 Å². The van der Waals surface area contributed by atoms with Crippen LogP contribution in [0.3, 0.4) is 0 Å². The second-order valence-corrected chi connectivity index (χ2v) is 7.13. The molecule has 0 saturated heterocycles. The zero-order valence-electron chi connectivity index (χ0n) is 13.1. The van der Waals surface area contributed by atoms with Crippen LogP contribution in [0.2, 0.25) is 5.02 Å². The van der Waals surface area contributed by atoms with Gasteiger partial charge in [-0.05, 0) is 24.3 Å². The van der Waals surface area contributed by atoms with Gasteiger partial charge in [0.1, 0.15) is 22.3 Å². The molecule has 0 saturated carbocycles. The van der Waals surface area contributed by atoms with Crippen molar-refractivity contribution in [3.63, 3.8) is 0 Å².